The zero-order chi connectivity index (χ0) is 18.4. The van der Waals surface area contributed by atoms with Gasteiger partial charge in [-0.25, -0.2) is 0 Å². The maximum absolute atomic E-state index is 13.1. The molecule has 4 nitrogen and oxygen atoms in total. The smallest absolute Gasteiger partial charge is 0.232 e. The van der Waals surface area contributed by atoms with E-state index in [0.717, 1.165) is 37.4 Å². The SMILES string of the molecule is CC(C)(CNC(=O)C(c1ccccc1)c1ccccc1)N1CCOCC1. The van der Waals surface area contributed by atoms with Crippen LogP contribution in [-0.2, 0) is 9.53 Å². The van der Waals surface area contributed by atoms with Crippen LogP contribution in [0.4, 0.5) is 0 Å². The Morgan fingerprint density at radius 3 is 2.00 bits per heavy atom. The number of morpholine rings is 1. The molecule has 0 spiro atoms. The average Bonchev–Trinajstić information content (AvgIpc) is 2.69. The lowest BCUT2D eigenvalue weighted by molar-refractivity contribution is -0.122. The van der Waals surface area contributed by atoms with Crippen LogP contribution in [0.1, 0.15) is 30.9 Å². The van der Waals surface area contributed by atoms with Gasteiger partial charge in [-0.05, 0) is 25.0 Å². The fourth-order valence-corrected chi connectivity index (χ4v) is 3.47. The van der Waals surface area contributed by atoms with Crippen molar-refractivity contribution in [3.8, 4) is 0 Å². The van der Waals surface area contributed by atoms with Crippen molar-refractivity contribution in [3.05, 3.63) is 71.8 Å². The minimum absolute atomic E-state index is 0.0451. The summed E-state index contributed by atoms with van der Waals surface area (Å²) in [5.74, 6) is -0.248. The second-order valence-corrected chi connectivity index (χ2v) is 7.38. The van der Waals surface area contributed by atoms with Gasteiger partial charge in [-0.1, -0.05) is 60.7 Å². The molecule has 0 aromatic heterocycles. The maximum atomic E-state index is 13.1. The van der Waals surface area contributed by atoms with Crippen LogP contribution in [0.5, 0.6) is 0 Å². The first-order valence-corrected chi connectivity index (χ1v) is 9.28. The number of rotatable bonds is 6. The van der Waals surface area contributed by atoms with Gasteiger partial charge in [0.15, 0.2) is 0 Å². The van der Waals surface area contributed by atoms with E-state index >= 15 is 0 Å². The number of nitrogens with zero attached hydrogens (tertiary/aromatic N) is 1. The molecule has 26 heavy (non-hydrogen) atoms. The van der Waals surface area contributed by atoms with E-state index in [1.165, 1.54) is 0 Å². The van der Waals surface area contributed by atoms with E-state index in [9.17, 15) is 4.79 Å². The predicted octanol–water partition coefficient (Wildman–Crippen LogP) is 3.05. The molecule has 3 rings (SSSR count). The molecule has 0 atom stereocenters. The predicted molar refractivity (Wildman–Crippen MR) is 104 cm³/mol. The first-order chi connectivity index (χ1) is 12.6. The number of nitrogens with one attached hydrogen (secondary N) is 1. The standard InChI is InChI=1S/C22H28N2O2/c1-22(2,24-13-15-26-16-14-24)17-23-21(25)20(18-9-5-3-6-10-18)19-11-7-4-8-12-19/h3-12,20H,13-17H2,1-2H3,(H,23,25). The molecule has 1 heterocycles. The highest BCUT2D eigenvalue weighted by molar-refractivity contribution is 5.87. The fourth-order valence-electron chi connectivity index (χ4n) is 3.47. The molecular formula is C22H28N2O2. The maximum Gasteiger partial charge on any atom is 0.232 e. The summed E-state index contributed by atoms with van der Waals surface area (Å²) in [5, 5.41) is 3.20. The number of hydrogen-bond donors (Lipinski definition) is 1. The quantitative estimate of drug-likeness (QED) is 0.869. The molecule has 1 aliphatic heterocycles. The fraction of sp³-hybridized carbons (Fsp3) is 0.409. The number of benzene rings is 2. The van der Waals surface area contributed by atoms with Gasteiger partial charge in [-0.3, -0.25) is 9.69 Å². The number of carbonyl (C=O) groups is 1. The Bertz CT molecular complexity index is 655. The normalized spacial score (nSPS) is 15.8. The Balaban J connectivity index is 1.74. The van der Waals surface area contributed by atoms with E-state index < -0.39 is 0 Å². The first kappa shape index (κ1) is 18.6. The van der Waals surface area contributed by atoms with Gasteiger partial charge in [0, 0.05) is 25.2 Å². The summed E-state index contributed by atoms with van der Waals surface area (Å²) in [6.45, 7) is 8.30. The third kappa shape index (κ3) is 4.51. The molecule has 0 saturated carbocycles. The largest absolute Gasteiger partial charge is 0.379 e. The highest BCUT2D eigenvalue weighted by atomic mass is 16.5. The molecule has 0 radical (unpaired) electrons. The van der Waals surface area contributed by atoms with Gasteiger partial charge in [-0.2, -0.15) is 0 Å². The van der Waals surface area contributed by atoms with Crippen molar-refractivity contribution < 1.29 is 9.53 Å². The van der Waals surface area contributed by atoms with E-state index in [-0.39, 0.29) is 17.4 Å². The van der Waals surface area contributed by atoms with Crippen LogP contribution in [0.2, 0.25) is 0 Å². The Morgan fingerprint density at radius 2 is 1.50 bits per heavy atom. The Kier molecular flexibility index (Phi) is 6.07. The highest BCUT2D eigenvalue weighted by Gasteiger charge is 2.30. The van der Waals surface area contributed by atoms with E-state index in [1.54, 1.807) is 0 Å². The number of hydrogen-bond acceptors (Lipinski definition) is 3. The minimum atomic E-state index is -0.294. The summed E-state index contributed by atoms with van der Waals surface area (Å²) >= 11 is 0. The van der Waals surface area contributed by atoms with Gasteiger partial charge in [0.2, 0.25) is 5.91 Å². The molecule has 0 aliphatic carbocycles. The third-order valence-electron chi connectivity index (χ3n) is 5.09. The van der Waals surface area contributed by atoms with Crippen LogP contribution in [0.25, 0.3) is 0 Å². The number of amides is 1. The molecule has 2 aromatic carbocycles. The molecule has 1 aliphatic rings. The van der Waals surface area contributed by atoms with E-state index in [2.05, 4.69) is 24.1 Å². The molecule has 1 amide bonds. The average molecular weight is 352 g/mol. The van der Waals surface area contributed by atoms with Crippen molar-refractivity contribution in [2.75, 3.05) is 32.8 Å². The summed E-state index contributed by atoms with van der Waals surface area (Å²) in [5.41, 5.74) is 1.93. The van der Waals surface area contributed by atoms with Gasteiger partial charge < -0.3 is 10.1 Å². The van der Waals surface area contributed by atoms with Crippen molar-refractivity contribution in [2.24, 2.45) is 0 Å². The zero-order valence-corrected chi connectivity index (χ0v) is 15.7. The van der Waals surface area contributed by atoms with Crippen molar-refractivity contribution in [1.82, 2.24) is 10.2 Å². The second-order valence-electron chi connectivity index (χ2n) is 7.38. The highest BCUT2D eigenvalue weighted by Crippen LogP contribution is 2.25. The molecule has 1 N–H and O–H groups in total. The van der Waals surface area contributed by atoms with Gasteiger partial charge >= 0.3 is 0 Å². The summed E-state index contributed by atoms with van der Waals surface area (Å²) in [4.78, 5) is 15.5. The van der Waals surface area contributed by atoms with Gasteiger partial charge in [0.25, 0.3) is 0 Å². The summed E-state index contributed by atoms with van der Waals surface area (Å²) < 4.78 is 5.45. The van der Waals surface area contributed by atoms with Gasteiger partial charge in [0.05, 0.1) is 19.1 Å². The summed E-state index contributed by atoms with van der Waals surface area (Å²) in [6.07, 6.45) is 0. The molecule has 1 saturated heterocycles. The van der Waals surface area contributed by atoms with Crippen LogP contribution in [-0.4, -0.2) is 49.2 Å². The molecule has 2 aromatic rings. The summed E-state index contributed by atoms with van der Waals surface area (Å²) in [7, 11) is 0. The van der Waals surface area contributed by atoms with Crippen LogP contribution >= 0.6 is 0 Å². The monoisotopic (exact) mass is 352 g/mol. The number of ether oxygens (including phenoxy) is 1. The Hall–Kier alpha value is -2.17. The molecule has 138 valence electrons. The topological polar surface area (TPSA) is 41.6 Å². The molecule has 1 fully saturated rings. The van der Waals surface area contributed by atoms with Crippen molar-refractivity contribution >= 4 is 5.91 Å². The van der Waals surface area contributed by atoms with Crippen LogP contribution in [0.15, 0.2) is 60.7 Å². The molecule has 0 bridgehead atoms. The van der Waals surface area contributed by atoms with Crippen molar-refractivity contribution in [1.29, 1.82) is 0 Å². The van der Waals surface area contributed by atoms with Crippen LogP contribution in [0.3, 0.4) is 0 Å². The zero-order valence-electron chi connectivity index (χ0n) is 15.7. The minimum Gasteiger partial charge on any atom is -0.379 e. The molecule has 4 heteroatoms. The molecule has 0 unspecified atom stereocenters. The van der Waals surface area contributed by atoms with Crippen molar-refractivity contribution in [2.45, 2.75) is 25.3 Å². The van der Waals surface area contributed by atoms with Gasteiger partial charge in [-0.15, -0.1) is 0 Å². The Morgan fingerprint density at radius 1 is 1.00 bits per heavy atom. The van der Waals surface area contributed by atoms with E-state index in [0.29, 0.717) is 6.54 Å². The lowest BCUT2D eigenvalue weighted by Crippen LogP contribution is -2.55. The van der Waals surface area contributed by atoms with Crippen LogP contribution in [0, 0.1) is 0 Å². The summed E-state index contributed by atoms with van der Waals surface area (Å²) in [6, 6.07) is 20.0. The van der Waals surface area contributed by atoms with Gasteiger partial charge in [0.1, 0.15) is 0 Å². The van der Waals surface area contributed by atoms with Crippen molar-refractivity contribution in [3.63, 3.8) is 0 Å². The first-order valence-electron chi connectivity index (χ1n) is 9.28. The van der Waals surface area contributed by atoms with Crippen LogP contribution < -0.4 is 5.32 Å². The molecular weight excluding hydrogens is 324 g/mol. The lowest BCUT2D eigenvalue weighted by atomic mass is 9.90. The lowest BCUT2D eigenvalue weighted by Gasteiger charge is -2.41. The van der Waals surface area contributed by atoms with E-state index in [4.69, 9.17) is 4.74 Å². The number of carbonyl (C=O) groups excluding carboxylic acids is 1. The Labute approximate surface area is 156 Å². The van der Waals surface area contributed by atoms with E-state index in [1.807, 2.05) is 60.7 Å². The third-order valence-corrected chi connectivity index (χ3v) is 5.09. The second kappa shape index (κ2) is 8.47.